The molecule has 0 saturated heterocycles. The molecule has 1 amide bonds. The van der Waals surface area contributed by atoms with Crippen LogP contribution in [0.15, 0.2) is 30.3 Å². The molecule has 3 heteroatoms. The summed E-state index contributed by atoms with van der Waals surface area (Å²) in [6.07, 6.45) is 6.86. The lowest BCUT2D eigenvalue weighted by molar-refractivity contribution is 0.187. The van der Waals surface area contributed by atoms with Gasteiger partial charge in [-0.15, -0.1) is 0 Å². The van der Waals surface area contributed by atoms with Crippen LogP contribution >= 0.6 is 0 Å². The van der Waals surface area contributed by atoms with Crippen molar-refractivity contribution in [2.45, 2.75) is 51.5 Å². The second kappa shape index (κ2) is 7.17. The number of amides is 1. The van der Waals surface area contributed by atoms with E-state index >= 15 is 0 Å². The molecule has 0 heterocycles. The molecule has 0 spiro atoms. The Morgan fingerprint density at radius 1 is 1.21 bits per heavy atom. The predicted octanol–water partition coefficient (Wildman–Crippen LogP) is 4.13. The third-order valence-electron chi connectivity index (χ3n) is 3.82. The van der Waals surface area contributed by atoms with Crippen molar-refractivity contribution < 1.29 is 9.53 Å². The molecule has 3 nitrogen and oxygen atoms in total. The van der Waals surface area contributed by atoms with Gasteiger partial charge in [0.25, 0.3) is 0 Å². The van der Waals surface area contributed by atoms with Crippen molar-refractivity contribution in [2.75, 3.05) is 0 Å². The van der Waals surface area contributed by atoms with Gasteiger partial charge in [-0.1, -0.05) is 38.0 Å². The van der Waals surface area contributed by atoms with Gasteiger partial charge in [0, 0.05) is 6.04 Å². The molecular weight excluding hydrogens is 238 g/mol. The first-order valence-electron chi connectivity index (χ1n) is 7.31. The summed E-state index contributed by atoms with van der Waals surface area (Å²) < 4.78 is 5.24. The first-order chi connectivity index (χ1) is 9.28. The van der Waals surface area contributed by atoms with Gasteiger partial charge in [0.1, 0.15) is 5.75 Å². The quantitative estimate of drug-likeness (QED) is 0.884. The van der Waals surface area contributed by atoms with Crippen LogP contribution in [-0.4, -0.2) is 12.1 Å². The Balaban J connectivity index is 1.72. The first kappa shape index (κ1) is 13.9. The summed E-state index contributed by atoms with van der Waals surface area (Å²) in [5, 5.41) is 2.97. The summed E-state index contributed by atoms with van der Waals surface area (Å²) in [7, 11) is 0. The third-order valence-corrected chi connectivity index (χ3v) is 3.82. The number of benzene rings is 1. The van der Waals surface area contributed by atoms with Crippen LogP contribution in [0, 0.1) is 5.92 Å². The van der Waals surface area contributed by atoms with E-state index in [4.69, 9.17) is 4.74 Å². The molecule has 0 atom stereocenters. The predicted molar refractivity (Wildman–Crippen MR) is 76.3 cm³/mol. The van der Waals surface area contributed by atoms with E-state index in [1.165, 1.54) is 25.7 Å². The zero-order chi connectivity index (χ0) is 13.5. The Morgan fingerprint density at radius 2 is 1.89 bits per heavy atom. The van der Waals surface area contributed by atoms with E-state index in [1.807, 2.05) is 18.2 Å². The Bertz CT molecular complexity index is 383. The number of nitrogens with one attached hydrogen (secondary N) is 1. The van der Waals surface area contributed by atoms with Gasteiger partial charge in [0.2, 0.25) is 0 Å². The van der Waals surface area contributed by atoms with Crippen LogP contribution in [0.1, 0.15) is 45.4 Å². The maximum atomic E-state index is 11.8. The normalized spacial score (nSPS) is 22.8. The van der Waals surface area contributed by atoms with Crippen LogP contribution in [0.3, 0.4) is 0 Å². The lowest BCUT2D eigenvalue weighted by Gasteiger charge is -2.28. The lowest BCUT2D eigenvalue weighted by atomic mass is 9.83. The second-order valence-corrected chi connectivity index (χ2v) is 5.35. The minimum absolute atomic E-state index is 0.282. The van der Waals surface area contributed by atoms with Crippen molar-refractivity contribution in [1.82, 2.24) is 5.32 Å². The molecule has 104 valence electrons. The van der Waals surface area contributed by atoms with Crippen molar-refractivity contribution >= 4 is 6.09 Å². The minimum atomic E-state index is -0.329. The van der Waals surface area contributed by atoms with Crippen LogP contribution in [-0.2, 0) is 0 Å². The summed E-state index contributed by atoms with van der Waals surface area (Å²) in [4.78, 5) is 11.8. The molecule has 0 unspecified atom stereocenters. The first-order valence-corrected chi connectivity index (χ1v) is 7.31. The van der Waals surface area contributed by atoms with E-state index in [1.54, 1.807) is 12.1 Å². The molecule has 19 heavy (non-hydrogen) atoms. The van der Waals surface area contributed by atoms with E-state index in [-0.39, 0.29) is 12.1 Å². The topological polar surface area (TPSA) is 38.3 Å². The molecule has 1 saturated carbocycles. The lowest BCUT2D eigenvalue weighted by Crippen LogP contribution is -2.39. The Labute approximate surface area is 115 Å². The van der Waals surface area contributed by atoms with Crippen molar-refractivity contribution in [2.24, 2.45) is 5.92 Å². The molecule has 0 aliphatic heterocycles. The maximum Gasteiger partial charge on any atom is 0.412 e. The SMILES string of the molecule is CCCC1CCC(NC(=O)Oc2ccccc2)CC1. The summed E-state index contributed by atoms with van der Waals surface area (Å²) in [6.45, 7) is 2.24. The minimum Gasteiger partial charge on any atom is -0.410 e. The number of rotatable bonds is 4. The second-order valence-electron chi connectivity index (χ2n) is 5.35. The van der Waals surface area contributed by atoms with Crippen molar-refractivity contribution in [3.63, 3.8) is 0 Å². The number of hydrogen-bond acceptors (Lipinski definition) is 2. The Hall–Kier alpha value is -1.51. The standard InChI is InChI=1S/C16H23NO2/c1-2-6-13-9-11-14(12-10-13)17-16(18)19-15-7-4-3-5-8-15/h3-5,7-8,13-14H,2,6,9-12H2,1H3,(H,17,18). The van der Waals surface area contributed by atoms with Gasteiger partial charge in [0.05, 0.1) is 0 Å². The molecule has 0 aromatic heterocycles. The molecule has 0 radical (unpaired) electrons. The average molecular weight is 261 g/mol. The van der Waals surface area contributed by atoms with Gasteiger partial charge in [0.15, 0.2) is 0 Å². The largest absolute Gasteiger partial charge is 0.412 e. The molecule has 1 aromatic carbocycles. The Kier molecular flexibility index (Phi) is 5.25. The van der Waals surface area contributed by atoms with Crippen LogP contribution in [0.2, 0.25) is 0 Å². The van der Waals surface area contributed by atoms with E-state index in [0.717, 1.165) is 18.8 Å². The maximum absolute atomic E-state index is 11.8. The summed E-state index contributed by atoms with van der Waals surface area (Å²) in [6, 6.07) is 9.48. The number of hydrogen-bond donors (Lipinski definition) is 1. The van der Waals surface area contributed by atoms with Gasteiger partial charge in [-0.05, 0) is 43.7 Å². The highest BCUT2D eigenvalue weighted by molar-refractivity contribution is 5.70. The van der Waals surface area contributed by atoms with Gasteiger partial charge < -0.3 is 10.1 Å². The number of ether oxygens (including phenoxy) is 1. The molecule has 1 aliphatic rings. The summed E-state index contributed by atoms with van der Waals surface area (Å²) in [5.41, 5.74) is 0. The number of para-hydroxylation sites is 1. The van der Waals surface area contributed by atoms with Crippen molar-refractivity contribution in [3.05, 3.63) is 30.3 Å². The van der Waals surface area contributed by atoms with Gasteiger partial charge in [-0.25, -0.2) is 4.79 Å². The summed E-state index contributed by atoms with van der Waals surface area (Å²) >= 11 is 0. The van der Waals surface area contributed by atoms with E-state index in [9.17, 15) is 4.79 Å². The van der Waals surface area contributed by atoms with Gasteiger partial charge in [-0.3, -0.25) is 0 Å². The van der Waals surface area contributed by atoms with Gasteiger partial charge in [-0.2, -0.15) is 0 Å². The zero-order valence-corrected chi connectivity index (χ0v) is 11.6. The fourth-order valence-corrected chi connectivity index (χ4v) is 2.80. The fraction of sp³-hybridized carbons (Fsp3) is 0.562. The smallest absolute Gasteiger partial charge is 0.410 e. The van der Waals surface area contributed by atoms with E-state index < -0.39 is 0 Å². The Morgan fingerprint density at radius 3 is 2.53 bits per heavy atom. The highest BCUT2D eigenvalue weighted by atomic mass is 16.6. The molecular formula is C16H23NO2. The number of carbonyl (C=O) groups is 1. The zero-order valence-electron chi connectivity index (χ0n) is 11.6. The average Bonchev–Trinajstić information content (AvgIpc) is 2.42. The van der Waals surface area contributed by atoms with Crippen LogP contribution in [0.5, 0.6) is 5.75 Å². The van der Waals surface area contributed by atoms with Crippen molar-refractivity contribution in [3.8, 4) is 5.75 Å². The molecule has 1 aliphatic carbocycles. The molecule has 1 N–H and O–H groups in total. The molecule has 1 fully saturated rings. The monoisotopic (exact) mass is 261 g/mol. The molecule has 1 aromatic rings. The van der Waals surface area contributed by atoms with Gasteiger partial charge >= 0.3 is 6.09 Å². The van der Waals surface area contributed by atoms with Crippen LogP contribution in [0.25, 0.3) is 0 Å². The molecule has 0 bridgehead atoms. The van der Waals surface area contributed by atoms with Crippen LogP contribution < -0.4 is 10.1 Å². The fourth-order valence-electron chi connectivity index (χ4n) is 2.80. The van der Waals surface area contributed by atoms with E-state index in [2.05, 4.69) is 12.2 Å². The summed E-state index contributed by atoms with van der Waals surface area (Å²) in [5.74, 6) is 1.45. The number of carbonyl (C=O) groups excluding carboxylic acids is 1. The van der Waals surface area contributed by atoms with Crippen LogP contribution in [0.4, 0.5) is 4.79 Å². The van der Waals surface area contributed by atoms with Crippen molar-refractivity contribution in [1.29, 1.82) is 0 Å². The highest BCUT2D eigenvalue weighted by Crippen LogP contribution is 2.27. The highest BCUT2D eigenvalue weighted by Gasteiger charge is 2.22. The third kappa shape index (κ3) is 4.58. The van der Waals surface area contributed by atoms with E-state index in [0.29, 0.717) is 5.75 Å². The molecule has 2 rings (SSSR count).